The molecule has 2 heterocycles. The number of hydrogen-bond acceptors (Lipinski definition) is 3. The average molecular weight is 303 g/mol. The molecule has 2 aromatic rings. The molecule has 0 atom stereocenters. The third-order valence-electron chi connectivity index (χ3n) is 3.75. The van der Waals surface area contributed by atoms with E-state index in [2.05, 4.69) is 9.88 Å². The van der Waals surface area contributed by atoms with E-state index in [4.69, 9.17) is 0 Å². The van der Waals surface area contributed by atoms with E-state index in [0.717, 1.165) is 5.69 Å². The Bertz CT molecular complexity index is 667. The molecule has 4 nitrogen and oxygen atoms in total. The highest BCUT2D eigenvalue weighted by Crippen LogP contribution is 2.18. The summed E-state index contributed by atoms with van der Waals surface area (Å²) >= 11 is 0. The summed E-state index contributed by atoms with van der Waals surface area (Å²) in [5.41, 5.74) is 0.916. The Kier molecular flexibility index (Phi) is 4.00. The Morgan fingerprint density at radius 2 is 1.68 bits per heavy atom. The van der Waals surface area contributed by atoms with E-state index < -0.39 is 5.95 Å². The number of amides is 1. The lowest BCUT2D eigenvalue weighted by Crippen LogP contribution is -2.49. The minimum atomic E-state index is -0.742. The monoisotopic (exact) mass is 303 g/mol. The lowest BCUT2D eigenvalue weighted by atomic mass is 10.2. The van der Waals surface area contributed by atoms with Gasteiger partial charge in [-0.1, -0.05) is 0 Å². The van der Waals surface area contributed by atoms with Crippen LogP contribution in [0.3, 0.4) is 0 Å². The standard InChI is InChI=1S/C16H15F2N3O/c17-12-3-5-13(6-4-12)20-8-10-21(11-9-20)16(22)14-2-1-7-19-15(14)18/h1-7H,8-11H2. The Morgan fingerprint density at radius 1 is 1.00 bits per heavy atom. The van der Waals surface area contributed by atoms with Crippen LogP contribution in [0.2, 0.25) is 0 Å². The molecule has 1 fully saturated rings. The largest absolute Gasteiger partial charge is 0.368 e. The van der Waals surface area contributed by atoms with Gasteiger partial charge in [-0.3, -0.25) is 4.79 Å². The first-order valence-electron chi connectivity index (χ1n) is 7.05. The first kappa shape index (κ1) is 14.4. The van der Waals surface area contributed by atoms with Gasteiger partial charge in [-0.15, -0.1) is 0 Å². The summed E-state index contributed by atoms with van der Waals surface area (Å²) in [6.07, 6.45) is 1.32. The van der Waals surface area contributed by atoms with E-state index in [1.165, 1.54) is 24.4 Å². The number of aromatic nitrogens is 1. The van der Waals surface area contributed by atoms with Gasteiger partial charge in [-0.2, -0.15) is 4.39 Å². The smallest absolute Gasteiger partial charge is 0.258 e. The molecular formula is C16H15F2N3O. The van der Waals surface area contributed by atoms with E-state index in [-0.39, 0.29) is 17.3 Å². The van der Waals surface area contributed by atoms with Gasteiger partial charge in [0.05, 0.1) is 5.56 Å². The molecule has 0 aliphatic carbocycles. The van der Waals surface area contributed by atoms with Gasteiger partial charge in [0.25, 0.3) is 5.91 Å². The van der Waals surface area contributed by atoms with Crippen molar-refractivity contribution in [1.82, 2.24) is 9.88 Å². The second-order valence-corrected chi connectivity index (χ2v) is 5.10. The molecule has 0 N–H and O–H groups in total. The van der Waals surface area contributed by atoms with Crippen LogP contribution in [0.15, 0.2) is 42.6 Å². The molecule has 1 aliphatic rings. The number of pyridine rings is 1. The first-order chi connectivity index (χ1) is 10.6. The van der Waals surface area contributed by atoms with Crippen molar-refractivity contribution < 1.29 is 13.6 Å². The molecule has 0 unspecified atom stereocenters. The lowest BCUT2D eigenvalue weighted by Gasteiger charge is -2.36. The fraction of sp³-hybridized carbons (Fsp3) is 0.250. The summed E-state index contributed by atoms with van der Waals surface area (Å²) in [6.45, 7) is 2.23. The zero-order chi connectivity index (χ0) is 15.5. The van der Waals surface area contributed by atoms with Crippen molar-refractivity contribution in [3.8, 4) is 0 Å². The number of rotatable bonds is 2. The van der Waals surface area contributed by atoms with Crippen molar-refractivity contribution in [2.45, 2.75) is 0 Å². The maximum atomic E-state index is 13.6. The van der Waals surface area contributed by atoms with E-state index >= 15 is 0 Å². The highest BCUT2D eigenvalue weighted by Gasteiger charge is 2.24. The summed E-state index contributed by atoms with van der Waals surface area (Å²) in [6, 6.07) is 9.25. The van der Waals surface area contributed by atoms with Gasteiger partial charge in [-0.05, 0) is 36.4 Å². The molecule has 0 saturated carbocycles. The molecule has 0 bridgehead atoms. The van der Waals surface area contributed by atoms with Gasteiger partial charge < -0.3 is 9.80 Å². The highest BCUT2D eigenvalue weighted by atomic mass is 19.1. The molecule has 1 amide bonds. The first-order valence-corrected chi connectivity index (χ1v) is 7.05. The number of carbonyl (C=O) groups is 1. The Morgan fingerprint density at radius 3 is 2.32 bits per heavy atom. The molecule has 22 heavy (non-hydrogen) atoms. The predicted octanol–water partition coefficient (Wildman–Crippen LogP) is 2.32. The molecule has 1 aromatic heterocycles. The summed E-state index contributed by atoms with van der Waals surface area (Å²) in [5, 5.41) is 0. The third-order valence-corrected chi connectivity index (χ3v) is 3.75. The number of halogens is 2. The molecule has 3 rings (SSSR count). The quantitative estimate of drug-likeness (QED) is 0.799. The van der Waals surface area contributed by atoms with E-state index in [1.807, 2.05) is 0 Å². The van der Waals surface area contributed by atoms with Crippen molar-refractivity contribution in [2.24, 2.45) is 0 Å². The van der Waals surface area contributed by atoms with E-state index in [0.29, 0.717) is 26.2 Å². The van der Waals surface area contributed by atoms with Crippen LogP contribution >= 0.6 is 0 Å². The van der Waals surface area contributed by atoms with Gasteiger partial charge in [0.1, 0.15) is 5.82 Å². The van der Waals surface area contributed by atoms with Crippen LogP contribution in [0.5, 0.6) is 0 Å². The van der Waals surface area contributed by atoms with Gasteiger partial charge in [-0.25, -0.2) is 9.37 Å². The van der Waals surface area contributed by atoms with Crippen molar-refractivity contribution in [1.29, 1.82) is 0 Å². The third kappa shape index (κ3) is 2.90. The molecule has 0 spiro atoms. The number of nitrogens with zero attached hydrogens (tertiary/aromatic N) is 3. The average Bonchev–Trinajstić information content (AvgIpc) is 2.56. The topological polar surface area (TPSA) is 36.4 Å². The van der Waals surface area contributed by atoms with Gasteiger partial charge in [0.15, 0.2) is 0 Å². The summed E-state index contributed by atoms with van der Waals surface area (Å²) in [7, 11) is 0. The SMILES string of the molecule is O=C(c1cccnc1F)N1CCN(c2ccc(F)cc2)CC1. The zero-order valence-corrected chi connectivity index (χ0v) is 11.9. The Balaban J connectivity index is 1.65. The number of anilines is 1. The number of hydrogen-bond donors (Lipinski definition) is 0. The highest BCUT2D eigenvalue weighted by molar-refractivity contribution is 5.94. The Labute approximate surface area is 127 Å². The fourth-order valence-electron chi connectivity index (χ4n) is 2.54. The summed E-state index contributed by atoms with van der Waals surface area (Å²) in [4.78, 5) is 19.5. The van der Waals surface area contributed by atoms with Crippen LogP contribution in [0.25, 0.3) is 0 Å². The van der Waals surface area contributed by atoms with Gasteiger partial charge >= 0.3 is 0 Å². The normalized spacial score (nSPS) is 15.0. The lowest BCUT2D eigenvalue weighted by molar-refractivity contribution is 0.0741. The van der Waals surface area contributed by atoms with Crippen LogP contribution < -0.4 is 4.90 Å². The molecule has 6 heteroatoms. The van der Waals surface area contributed by atoms with Crippen LogP contribution in [0.1, 0.15) is 10.4 Å². The van der Waals surface area contributed by atoms with E-state index in [1.54, 1.807) is 23.1 Å². The minimum Gasteiger partial charge on any atom is -0.368 e. The van der Waals surface area contributed by atoms with Crippen molar-refractivity contribution in [3.63, 3.8) is 0 Å². The minimum absolute atomic E-state index is 0.00210. The second kappa shape index (κ2) is 6.09. The molecule has 114 valence electrons. The molecule has 1 aliphatic heterocycles. The van der Waals surface area contributed by atoms with Crippen LogP contribution in [0.4, 0.5) is 14.5 Å². The van der Waals surface area contributed by atoms with Crippen LogP contribution in [-0.2, 0) is 0 Å². The van der Waals surface area contributed by atoms with E-state index in [9.17, 15) is 13.6 Å². The van der Waals surface area contributed by atoms with Gasteiger partial charge in [0.2, 0.25) is 5.95 Å². The summed E-state index contributed by atoms with van der Waals surface area (Å²) < 4.78 is 26.5. The fourth-order valence-corrected chi connectivity index (χ4v) is 2.54. The van der Waals surface area contributed by atoms with Crippen molar-refractivity contribution in [3.05, 3.63) is 59.9 Å². The molecule has 1 aromatic carbocycles. The zero-order valence-electron chi connectivity index (χ0n) is 11.9. The number of carbonyl (C=O) groups excluding carboxylic acids is 1. The van der Waals surface area contributed by atoms with Crippen LogP contribution in [-0.4, -0.2) is 42.0 Å². The maximum Gasteiger partial charge on any atom is 0.258 e. The number of piperazine rings is 1. The predicted molar refractivity (Wildman–Crippen MR) is 78.7 cm³/mol. The molecule has 1 saturated heterocycles. The summed E-state index contributed by atoms with van der Waals surface area (Å²) in [5.74, 6) is -1.36. The number of benzene rings is 1. The van der Waals surface area contributed by atoms with Crippen molar-refractivity contribution in [2.75, 3.05) is 31.1 Å². The van der Waals surface area contributed by atoms with Gasteiger partial charge in [0, 0.05) is 38.1 Å². The maximum absolute atomic E-state index is 13.6. The van der Waals surface area contributed by atoms with Crippen molar-refractivity contribution >= 4 is 11.6 Å². The second-order valence-electron chi connectivity index (χ2n) is 5.10. The molecule has 0 radical (unpaired) electrons. The Hall–Kier alpha value is -2.50. The van der Waals surface area contributed by atoms with Crippen LogP contribution in [0, 0.1) is 11.8 Å². The molecular weight excluding hydrogens is 288 g/mol.